The Kier molecular flexibility index (Phi) is 8.04. The molecule has 2 aliphatic rings. The summed E-state index contributed by atoms with van der Waals surface area (Å²) in [6, 6.07) is 7.26. The van der Waals surface area contributed by atoms with Gasteiger partial charge in [0, 0.05) is 61.6 Å². The lowest BCUT2D eigenvalue weighted by atomic mass is 9.69. The summed E-state index contributed by atoms with van der Waals surface area (Å²) in [5.74, 6) is 0.209. The third-order valence-electron chi connectivity index (χ3n) is 8.53. The number of hydrogen-bond acceptors (Lipinski definition) is 9. The molecule has 1 saturated heterocycles. The van der Waals surface area contributed by atoms with Crippen molar-refractivity contribution in [3.63, 3.8) is 0 Å². The van der Waals surface area contributed by atoms with Crippen LogP contribution in [0, 0.1) is 11.3 Å². The van der Waals surface area contributed by atoms with E-state index >= 15 is 0 Å². The Morgan fingerprint density at radius 3 is 2.74 bits per heavy atom. The van der Waals surface area contributed by atoms with E-state index in [1.807, 2.05) is 23.1 Å². The molecule has 1 aliphatic carbocycles. The Morgan fingerprint density at radius 1 is 1.19 bits per heavy atom. The third-order valence-corrected chi connectivity index (χ3v) is 8.53. The van der Waals surface area contributed by atoms with Gasteiger partial charge < -0.3 is 25.6 Å². The molecule has 0 unspecified atom stereocenters. The van der Waals surface area contributed by atoms with E-state index in [4.69, 9.17) is 5.11 Å². The molecule has 0 spiro atoms. The van der Waals surface area contributed by atoms with Gasteiger partial charge in [0.05, 0.1) is 36.5 Å². The number of pyridine rings is 1. The smallest absolute Gasteiger partial charge is 0.395 e. The molecule has 0 bridgehead atoms. The largest absolute Gasteiger partial charge is 0.433 e. The fourth-order valence-corrected chi connectivity index (χ4v) is 6.28. The molecule has 6 rings (SSSR count). The van der Waals surface area contributed by atoms with Gasteiger partial charge in [-0.1, -0.05) is 0 Å². The van der Waals surface area contributed by atoms with Gasteiger partial charge in [-0.3, -0.25) is 4.68 Å². The number of likely N-dealkylation sites (tertiary alicyclic amines) is 1. The average Bonchev–Trinajstić information content (AvgIpc) is 3.65. The summed E-state index contributed by atoms with van der Waals surface area (Å²) >= 11 is 0. The highest BCUT2D eigenvalue weighted by molar-refractivity contribution is 5.90. The number of hydrogen-bond donors (Lipinski definition) is 4. The number of piperidine rings is 1. The molecule has 226 valence electrons. The van der Waals surface area contributed by atoms with Gasteiger partial charge in [0.15, 0.2) is 0 Å². The highest BCUT2D eigenvalue weighted by atomic mass is 19.4. The van der Waals surface area contributed by atoms with Gasteiger partial charge in [0.2, 0.25) is 0 Å². The number of fused-ring (bicyclic) bond motifs is 1. The van der Waals surface area contributed by atoms with E-state index < -0.39 is 11.9 Å². The van der Waals surface area contributed by atoms with Gasteiger partial charge in [-0.05, 0) is 49.4 Å². The molecule has 0 atom stereocenters. The number of H-pyrrole nitrogens is 1. The molecule has 11 nitrogen and oxygen atoms in total. The lowest BCUT2D eigenvalue weighted by Crippen LogP contribution is -2.58. The third kappa shape index (κ3) is 6.06. The van der Waals surface area contributed by atoms with Crippen molar-refractivity contribution < 1.29 is 18.3 Å². The van der Waals surface area contributed by atoms with E-state index in [1.54, 1.807) is 12.3 Å². The zero-order chi connectivity index (χ0) is 30.0. The minimum Gasteiger partial charge on any atom is -0.395 e. The zero-order valence-corrected chi connectivity index (χ0v) is 23.5. The maximum Gasteiger partial charge on any atom is 0.433 e. The molecule has 2 fully saturated rings. The van der Waals surface area contributed by atoms with E-state index in [-0.39, 0.29) is 30.6 Å². The van der Waals surface area contributed by atoms with Crippen LogP contribution < -0.4 is 10.6 Å². The standard InChI is InChI=1S/C29H33F3N10O/c30-29(31,32)24-11-19(15-34-7-10-43)12-25(40-24)39-21-2-8-41(9-3-21)22-13-28(14-22,4-5-33)42-17-20(16-38-42)26-23-1-6-35-27(23)37-18-36-26/h1,6,11-12,16-18,21-22,34,43H,2-4,7-10,13-15H2,(H,39,40)(H,35,36,37)/t22-,28+. The Balaban J connectivity index is 1.08. The van der Waals surface area contributed by atoms with E-state index in [0.29, 0.717) is 24.6 Å². The molecule has 4 aromatic heterocycles. The summed E-state index contributed by atoms with van der Waals surface area (Å²) in [5, 5.41) is 30.3. The monoisotopic (exact) mass is 594 g/mol. The number of aromatic nitrogens is 6. The SMILES string of the molecule is N#CC[C@]1(n2cc(-c3ncnc4[nH]ccc34)cn2)C[C@@H](N2CCC(Nc3cc(CNCCO)cc(C(F)(F)F)n3)CC2)C1. The number of nitriles is 1. The van der Waals surface area contributed by atoms with Crippen LogP contribution in [0.1, 0.15) is 43.4 Å². The topological polar surface area (TPSA) is 144 Å². The molecule has 43 heavy (non-hydrogen) atoms. The van der Waals surface area contributed by atoms with Crippen molar-refractivity contribution in [2.75, 3.05) is 31.6 Å². The Bertz CT molecular complexity index is 1600. The number of rotatable bonds is 10. The molecule has 1 saturated carbocycles. The van der Waals surface area contributed by atoms with Crippen LogP contribution in [0.2, 0.25) is 0 Å². The number of aliphatic hydroxyl groups is 1. The Labute approximate surface area is 246 Å². The average molecular weight is 595 g/mol. The second-order valence-corrected chi connectivity index (χ2v) is 11.4. The van der Waals surface area contributed by atoms with Crippen LogP contribution >= 0.6 is 0 Å². The number of aliphatic hydroxyl groups excluding tert-OH is 1. The van der Waals surface area contributed by atoms with Crippen molar-refractivity contribution >= 4 is 16.9 Å². The zero-order valence-electron chi connectivity index (χ0n) is 23.5. The van der Waals surface area contributed by atoms with Crippen LogP contribution in [0.3, 0.4) is 0 Å². The fraction of sp³-hybridized carbons (Fsp3) is 0.483. The van der Waals surface area contributed by atoms with E-state index in [2.05, 4.69) is 46.6 Å². The van der Waals surface area contributed by atoms with Crippen LogP contribution in [-0.4, -0.2) is 78.0 Å². The minimum atomic E-state index is -4.55. The number of anilines is 1. The van der Waals surface area contributed by atoms with Crippen LogP contribution in [-0.2, 0) is 18.3 Å². The molecular formula is C29H33F3N10O. The Morgan fingerprint density at radius 2 is 2.00 bits per heavy atom. The van der Waals surface area contributed by atoms with E-state index in [0.717, 1.165) is 67.1 Å². The van der Waals surface area contributed by atoms with Crippen LogP contribution in [0.4, 0.5) is 19.0 Å². The number of nitrogens with one attached hydrogen (secondary N) is 3. The highest BCUT2D eigenvalue weighted by Gasteiger charge is 2.49. The first-order valence-electron chi connectivity index (χ1n) is 14.4. The molecular weight excluding hydrogens is 561 g/mol. The second kappa shape index (κ2) is 11.9. The van der Waals surface area contributed by atoms with Crippen molar-refractivity contribution in [1.29, 1.82) is 5.26 Å². The van der Waals surface area contributed by atoms with Gasteiger partial charge in [-0.25, -0.2) is 15.0 Å². The number of halogens is 3. The van der Waals surface area contributed by atoms with Crippen molar-refractivity contribution in [2.24, 2.45) is 0 Å². The summed E-state index contributed by atoms with van der Waals surface area (Å²) in [7, 11) is 0. The lowest BCUT2D eigenvalue weighted by molar-refractivity contribution is -0.141. The molecule has 4 N–H and O–H groups in total. The quantitative estimate of drug-likeness (QED) is 0.202. The first-order valence-corrected chi connectivity index (χ1v) is 14.4. The van der Waals surface area contributed by atoms with Gasteiger partial charge in [-0.15, -0.1) is 0 Å². The van der Waals surface area contributed by atoms with Crippen LogP contribution in [0.5, 0.6) is 0 Å². The predicted molar refractivity (Wildman–Crippen MR) is 153 cm³/mol. The molecule has 1 aliphatic heterocycles. The Hall–Kier alpha value is -4.06. The number of alkyl halides is 3. The molecule has 4 aromatic rings. The fourth-order valence-electron chi connectivity index (χ4n) is 6.28. The van der Waals surface area contributed by atoms with Gasteiger partial charge in [0.25, 0.3) is 0 Å². The first-order chi connectivity index (χ1) is 20.8. The number of aromatic amines is 1. The second-order valence-electron chi connectivity index (χ2n) is 11.4. The summed E-state index contributed by atoms with van der Waals surface area (Å²) < 4.78 is 42.4. The number of nitrogens with zero attached hydrogens (tertiary/aromatic N) is 7. The lowest BCUT2D eigenvalue weighted by Gasteiger charge is -2.52. The summed E-state index contributed by atoms with van der Waals surface area (Å²) in [6.07, 6.45) is 6.02. The van der Waals surface area contributed by atoms with Crippen molar-refractivity contribution in [3.05, 3.63) is 54.4 Å². The summed E-state index contributed by atoms with van der Waals surface area (Å²) in [4.78, 5) is 18.1. The van der Waals surface area contributed by atoms with Crippen molar-refractivity contribution in [1.82, 2.24) is 39.9 Å². The first kappa shape index (κ1) is 29.0. The molecule has 0 aromatic carbocycles. The maximum absolute atomic E-state index is 13.5. The summed E-state index contributed by atoms with van der Waals surface area (Å²) in [6.45, 7) is 2.00. The van der Waals surface area contributed by atoms with Crippen molar-refractivity contribution in [2.45, 2.75) is 62.4 Å². The molecule has 0 radical (unpaired) electrons. The van der Waals surface area contributed by atoms with Crippen LogP contribution in [0.25, 0.3) is 22.3 Å². The van der Waals surface area contributed by atoms with Gasteiger partial charge >= 0.3 is 6.18 Å². The predicted octanol–water partition coefficient (Wildman–Crippen LogP) is 3.66. The highest BCUT2D eigenvalue weighted by Crippen LogP contribution is 2.45. The van der Waals surface area contributed by atoms with Crippen LogP contribution in [0.15, 0.2) is 43.1 Å². The van der Waals surface area contributed by atoms with Gasteiger partial charge in [-0.2, -0.15) is 23.5 Å². The van der Waals surface area contributed by atoms with Crippen molar-refractivity contribution in [3.8, 4) is 17.3 Å². The summed E-state index contributed by atoms with van der Waals surface area (Å²) in [5.41, 5.74) is 1.55. The normalized spacial score (nSPS) is 21.5. The molecule has 14 heteroatoms. The minimum absolute atomic E-state index is 0.00114. The van der Waals surface area contributed by atoms with E-state index in [1.165, 1.54) is 6.33 Å². The van der Waals surface area contributed by atoms with Gasteiger partial charge in [0.1, 0.15) is 23.5 Å². The molecule has 5 heterocycles. The molecule has 0 amide bonds. The maximum atomic E-state index is 13.5. The van der Waals surface area contributed by atoms with E-state index in [9.17, 15) is 18.4 Å².